The van der Waals surface area contributed by atoms with E-state index >= 15 is 0 Å². The fraction of sp³-hybridized carbons (Fsp3) is 0.0588. The summed E-state index contributed by atoms with van der Waals surface area (Å²) in [7, 11) is 0. The summed E-state index contributed by atoms with van der Waals surface area (Å²) in [6.45, 7) is 2.05. The SMILES string of the molecule is Cc1ccc(-n2cc(/C=N/O)c(-c3ccccc3)n2)cc1. The summed E-state index contributed by atoms with van der Waals surface area (Å²) < 4.78 is 1.79. The quantitative estimate of drug-likeness (QED) is 0.451. The van der Waals surface area contributed by atoms with Crippen molar-refractivity contribution < 1.29 is 5.21 Å². The van der Waals surface area contributed by atoms with Crippen LogP contribution < -0.4 is 0 Å². The molecule has 4 nitrogen and oxygen atoms in total. The number of nitrogens with zero attached hydrogens (tertiary/aromatic N) is 3. The van der Waals surface area contributed by atoms with Gasteiger partial charge in [0.2, 0.25) is 0 Å². The van der Waals surface area contributed by atoms with Crippen molar-refractivity contribution in [3.8, 4) is 16.9 Å². The Morgan fingerprint density at radius 3 is 2.43 bits per heavy atom. The monoisotopic (exact) mass is 277 g/mol. The maximum atomic E-state index is 8.84. The zero-order valence-electron chi connectivity index (χ0n) is 11.6. The molecule has 0 saturated carbocycles. The molecule has 0 aliphatic carbocycles. The van der Waals surface area contributed by atoms with Crippen LogP contribution >= 0.6 is 0 Å². The topological polar surface area (TPSA) is 50.4 Å². The fourth-order valence-corrected chi connectivity index (χ4v) is 2.19. The van der Waals surface area contributed by atoms with E-state index in [4.69, 9.17) is 5.21 Å². The van der Waals surface area contributed by atoms with Gasteiger partial charge in [-0.1, -0.05) is 53.2 Å². The van der Waals surface area contributed by atoms with Crippen molar-refractivity contribution in [3.05, 3.63) is 71.9 Å². The smallest absolute Gasteiger partial charge is 0.102 e. The third kappa shape index (κ3) is 2.69. The Morgan fingerprint density at radius 1 is 1.05 bits per heavy atom. The molecular formula is C17H15N3O. The molecule has 0 amide bonds. The number of oxime groups is 1. The van der Waals surface area contributed by atoms with E-state index in [2.05, 4.69) is 10.3 Å². The highest BCUT2D eigenvalue weighted by molar-refractivity contribution is 5.88. The first kappa shape index (κ1) is 13.1. The van der Waals surface area contributed by atoms with Crippen LogP contribution in [0, 0.1) is 6.92 Å². The minimum Gasteiger partial charge on any atom is -0.411 e. The number of benzene rings is 2. The van der Waals surface area contributed by atoms with E-state index in [1.807, 2.05) is 67.7 Å². The highest BCUT2D eigenvalue weighted by Gasteiger charge is 2.10. The Kier molecular flexibility index (Phi) is 3.51. The summed E-state index contributed by atoms with van der Waals surface area (Å²) in [5.41, 5.74) is 4.71. The van der Waals surface area contributed by atoms with Crippen molar-refractivity contribution >= 4 is 6.21 Å². The van der Waals surface area contributed by atoms with Gasteiger partial charge in [-0.3, -0.25) is 0 Å². The number of hydrogen-bond acceptors (Lipinski definition) is 3. The van der Waals surface area contributed by atoms with Gasteiger partial charge in [-0.05, 0) is 19.1 Å². The van der Waals surface area contributed by atoms with Crippen molar-refractivity contribution in [2.75, 3.05) is 0 Å². The number of aryl methyl sites for hydroxylation is 1. The van der Waals surface area contributed by atoms with Crippen molar-refractivity contribution in [1.82, 2.24) is 9.78 Å². The number of hydrogen-bond donors (Lipinski definition) is 1. The van der Waals surface area contributed by atoms with Gasteiger partial charge >= 0.3 is 0 Å². The average molecular weight is 277 g/mol. The predicted molar refractivity (Wildman–Crippen MR) is 83.1 cm³/mol. The molecule has 3 rings (SSSR count). The van der Waals surface area contributed by atoms with Gasteiger partial charge in [-0.25, -0.2) is 4.68 Å². The van der Waals surface area contributed by atoms with Crippen LogP contribution in [0.1, 0.15) is 11.1 Å². The normalized spacial score (nSPS) is 11.1. The van der Waals surface area contributed by atoms with Crippen LogP contribution in [0.25, 0.3) is 16.9 Å². The molecule has 1 N–H and O–H groups in total. The van der Waals surface area contributed by atoms with E-state index in [0.717, 1.165) is 22.5 Å². The lowest BCUT2D eigenvalue weighted by atomic mass is 10.1. The van der Waals surface area contributed by atoms with Crippen molar-refractivity contribution in [2.24, 2.45) is 5.16 Å². The lowest BCUT2D eigenvalue weighted by Gasteiger charge is -2.01. The summed E-state index contributed by atoms with van der Waals surface area (Å²) in [6.07, 6.45) is 3.26. The largest absolute Gasteiger partial charge is 0.411 e. The Hall–Kier alpha value is -2.88. The lowest BCUT2D eigenvalue weighted by Crippen LogP contribution is -1.94. The summed E-state index contributed by atoms with van der Waals surface area (Å²) in [5, 5.41) is 16.6. The Labute approximate surface area is 123 Å². The van der Waals surface area contributed by atoms with E-state index in [9.17, 15) is 0 Å². The molecule has 0 radical (unpaired) electrons. The standard InChI is InChI=1S/C17H15N3O/c1-13-7-9-16(10-8-13)20-12-15(11-18-21)17(19-20)14-5-3-2-4-6-14/h2-12,21H,1H3/b18-11+. The average Bonchev–Trinajstić information content (AvgIpc) is 2.93. The summed E-state index contributed by atoms with van der Waals surface area (Å²) >= 11 is 0. The molecule has 0 fully saturated rings. The van der Waals surface area contributed by atoms with Gasteiger partial charge in [0.1, 0.15) is 5.69 Å². The molecule has 2 aromatic carbocycles. The Bertz CT molecular complexity index is 758. The molecule has 21 heavy (non-hydrogen) atoms. The van der Waals surface area contributed by atoms with Crippen LogP contribution in [0.15, 0.2) is 65.9 Å². The zero-order valence-corrected chi connectivity index (χ0v) is 11.6. The van der Waals surface area contributed by atoms with Gasteiger partial charge < -0.3 is 5.21 Å². The number of aromatic nitrogens is 2. The van der Waals surface area contributed by atoms with E-state index in [-0.39, 0.29) is 0 Å². The minimum atomic E-state index is 0.768. The van der Waals surface area contributed by atoms with Crippen molar-refractivity contribution in [1.29, 1.82) is 0 Å². The Morgan fingerprint density at radius 2 is 1.76 bits per heavy atom. The third-order valence-electron chi connectivity index (χ3n) is 3.29. The van der Waals surface area contributed by atoms with Gasteiger partial charge in [0, 0.05) is 17.3 Å². The second kappa shape index (κ2) is 5.63. The molecule has 0 aliphatic heterocycles. The lowest BCUT2D eigenvalue weighted by molar-refractivity contribution is 0.322. The molecule has 0 saturated heterocycles. The summed E-state index contributed by atoms with van der Waals surface area (Å²) in [4.78, 5) is 0. The van der Waals surface area contributed by atoms with Crippen LogP contribution in [-0.2, 0) is 0 Å². The molecule has 0 bridgehead atoms. The second-order valence-electron chi connectivity index (χ2n) is 4.82. The van der Waals surface area contributed by atoms with E-state index in [1.165, 1.54) is 11.8 Å². The molecule has 1 aromatic heterocycles. The molecular weight excluding hydrogens is 262 g/mol. The van der Waals surface area contributed by atoms with Crippen LogP contribution in [0.4, 0.5) is 0 Å². The molecule has 0 spiro atoms. The predicted octanol–water partition coefficient (Wildman–Crippen LogP) is 3.66. The van der Waals surface area contributed by atoms with Crippen molar-refractivity contribution in [2.45, 2.75) is 6.92 Å². The summed E-state index contributed by atoms with van der Waals surface area (Å²) in [6, 6.07) is 17.9. The molecule has 0 unspecified atom stereocenters. The van der Waals surface area contributed by atoms with Crippen LogP contribution in [0.3, 0.4) is 0 Å². The summed E-state index contributed by atoms with van der Waals surface area (Å²) in [5.74, 6) is 0. The molecule has 0 aliphatic rings. The molecule has 3 aromatic rings. The first-order valence-corrected chi connectivity index (χ1v) is 6.67. The maximum absolute atomic E-state index is 8.84. The van der Waals surface area contributed by atoms with E-state index in [0.29, 0.717) is 0 Å². The molecule has 4 heteroatoms. The van der Waals surface area contributed by atoms with Crippen LogP contribution in [0.5, 0.6) is 0 Å². The third-order valence-corrected chi connectivity index (χ3v) is 3.29. The van der Waals surface area contributed by atoms with Crippen LogP contribution in [0.2, 0.25) is 0 Å². The first-order valence-electron chi connectivity index (χ1n) is 6.67. The van der Waals surface area contributed by atoms with Crippen LogP contribution in [-0.4, -0.2) is 21.2 Å². The number of rotatable bonds is 3. The minimum absolute atomic E-state index is 0.768. The fourth-order valence-electron chi connectivity index (χ4n) is 2.19. The van der Waals surface area contributed by atoms with Gasteiger partial charge in [0.25, 0.3) is 0 Å². The van der Waals surface area contributed by atoms with Gasteiger partial charge in [0.05, 0.1) is 11.9 Å². The highest BCUT2D eigenvalue weighted by atomic mass is 16.4. The maximum Gasteiger partial charge on any atom is 0.102 e. The molecule has 1 heterocycles. The van der Waals surface area contributed by atoms with E-state index in [1.54, 1.807) is 4.68 Å². The van der Waals surface area contributed by atoms with E-state index < -0.39 is 0 Å². The molecule has 104 valence electrons. The van der Waals surface area contributed by atoms with Gasteiger partial charge in [-0.2, -0.15) is 5.10 Å². The first-order chi connectivity index (χ1) is 10.3. The Balaban J connectivity index is 2.10. The molecule has 0 atom stereocenters. The van der Waals surface area contributed by atoms with Gasteiger partial charge in [-0.15, -0.1) is 0 Å². The second-order valence-corrected chi connectivity index (χ2v) is 4.82. The van der Waals surface area contributed by atoms with Gasteiger partial charge in [0.15, 0.2) is 0 Å². The zero-order chi connectivity index (χ0) is 14.7. The van der Waals surface area contributed by atoms with Crippen molar-refractivity contribution in [3.63, 3.8) is 0 Å². The highest BCUT2D eigenvalue weighted by Crippen LogP contribution is 2.22.